The van der Waals surface area contributed by atoms with E-state index in [4.69, 9.17) is 63.4 Å². The summed E-state index contributed by atoms with van der Waals surface area (Å²) in [6.07, 6.45) is -5.47. The number of hydrogen-bond donors (Lipinski definition) is 7. The van der Waals surface area contributed by atoms with Crippen molar-refractivity contribution in [1.82, 2.24) is 36.8 Å². The van der Waals surface area contributed by atoms with Crippen molar-refractivity contribution < 1.29 is 95.4 Å². The van der Waals surface area contributed by atoms with E-state index in [1.807, 2.05) is 39.9 Å². The zero-order chi connectivity index (χ0) is 77.2. The summed E-state index contributed by atoms with van der Waals surface area (Å²) in [6.45, 7) is 18.1. The monoisotopic (exact) mass is 1490 g/mol. The molecular weight excluding hydrogens is 1400 g/mol. The Bertz CT molecular complexity index is 4120. The summed E-state index contributed by atoms with van der Waals surface area (Å²) in [6, 6.07) is 7.70. The molecule has 5 aromatic carbocycles. The minimum absolute atomic E-state index is 0.0122. The molecule has 0 aliphatic carbocycles. The van der Waals surface area contributed by atoms with Crippen molar-refractivity contribution in [3.05, 3.63) is 122 Å². The smallest absolute Gasteiger partial charge is 0.410 e. The van der Waals surface area contributed by atoms with E-state index in [1.54, 1.807) is 58.9 Å². The molecule has 5 heterocycles. The highest BCUT2D eigenvalue weighted by atomic mass is 35.5. The van der Waals surface area contributed by atoms with Crippen molar-refractivity contribution in [3.8, 4) is 63.2 Å². The maximum Gasteiger partial charge on any atom is 0.410 e. The summed E-state index contributed by atoms with van der Waals surface area (Å²) < 4.78 is 67.0. The zero-order valence-electron chi connectivity index (χ0n) is 61.6. The van der Waals surface area contributed by atoms with Gasteiger partial charge in [-0.15, -0.1) is 0 Å². The molecule has 11 bridgehead atoms. The molecule has 0 spiro atoms. The van der Waals surface area contributed by atoms with E-state index in [-0.39, 0.29) is 106 Å². The number of halogens is 1. The van der Waals surface area contributed by atoms with Crippen LogP contribution in [0, 0.1) is 27.4 Å². The minimum atomic E-state index is -3.11. The van der Waals surface area contributed by atoms with Crippen molar-refractivity contribution in [2.24, 2.45) is 5.92 Å². The summed E-state index contributed by atoms with van der Waals surface area (Å²) >= 11 is 7.34. The van der Waals surface area contributed by atoms with Gasteiger partial charge in [-0.2, -0.15) is 5.26 Å². The Morgan fingerprint density at radius 2 is 1.35 bits per heavy atom. The van der Waals surface area contributed by atoms with E-state index >= 15 is 24.0 Å². The number of nitrogens with zero attached hydrogens (tertiary/aromatic N) is 3. The molecule has 0 saturated carbocycles. The first-order valence-electron chi connectivity index (χ1n) is 33.8. The van der Waals surface area contributed by atoms with Crippen molar-refractivity contribution in [2.75, 3.05) is 69.2 Å². The Morgan fingerprint density at radius 1 is 0.724 bits per heavy atom. The van der Waals surface area contributed by atoms with Gasteiger partial charge in [-0.25, -0.2) is 4.79 Å². The zero-order valence-corrected chi connectivity index (χ0v) is 63.3. The van der Waals surface area contributed by atoms with Crippen LogP contribution in [0.2, 0.25) is 23.2 Å². The van der Waals surface area contributed by atoms with Gasteiger partial charge in [-0.05, 0) is 134 Å². The van der Waals surface area contributed by atoms with E-state index in [0.717, 1.165) is 17.0 Å². The summed E-state index contributed by atoms with van der Waals surface area (Å²) in [5.41, 5.74) is -1.22. The topological polar surface area (TPSA) is 384 Å². The molecule has 10 rings (SSSR count). The second-order valence-electron chi connectivity index (χ2n) is 28.2. The first-order chi connectivity index (χ1) is 49.6. The second kappa shape index (κ2) is 34.4. The van der Waals surface area contributed by atoms with Crippen LogP contribution < -0.4 is 60.3 Å². The summed E-state index contributed by atoms with van der Waals surface area (Å²) in [5.74, 6) is -7.70. The Balaban J connectivity index is 1.42. The van der Waals surface area contributed by atoms with Gasteiger partial charge in [0.2, 0.25) is 46.9 Å². The molecule has 0 fully saturated rings. The first kappa shape index (κ1) is 80.9. The molecule has 30 nitrogen and oxygen atoms in total. The third-order valence-corrected chi connectivity index (χ3v) is 23.0. The van der Waals surface area contributed by atoms with Gasteiger partial charge < -0.3 is 88.8 Å². The molecular formula is C73H92ClN9O21Si. The van der Waals surface area contributed by atoms with E-state index < -0.39 is 150 Å². The number of hydrogen-bond acceptors (Lipinski definition) is 22. The van der Waals surface area contributed by atoms with E-state index in [0.29, 0.717) is 11.1 Å². The van der Waals surface area contributed by atoms with Crippen LogP contribution in [-0.4, -0.2) is 164 Å². The lowest BCUT2D eigenvalue weighted by Gasteiger charge is -2.42. The number of aliphatic hydroxyl groups excluding tert-OH is 1. The molecule has 7 amide bonds. The third kappa shape index (κ3) is 19.2. The van der Waals surface area contributed by atoms with Gasteiger partial charge >= 0.3 is 11.8 Å². The van der Waals surface area contributed by atoms with Crippen molar-refractivity contribution in [3.63, 3.8) is 0 Å². The average Bonchev–Trinajstić information content (AvgIpc) is 0.762. The van der Waals surface area contributed by atoms with Gasteiger partial charge in [-0.1, -0.05) is 64.4 Å². The number of aliphatic hydroxyl groups is 1. The Labute approximate surface area is 614 Å². The number of amides is 7. The molecule has 32 heteroatoms. The fraction of sp³-hybridized carbons (Fsp3) is 0.479. The highest BCUT2D eigenvalue weighted by Gasteiger charge is 2.47. The normalized spacial score (nSPS) is 20.2. The number of fused-ring (bicyclic) bond motifs is 15. The molecule has 5 aromatic rings. The van der Waals surface area contributed by atoms with Crippen LogP contribution in [-0.2, 0) is 52.1 Å². The van der Waals surface area contributed by atoms with Crippen LogP contribution in [0.15, 0.2) is 78.9 Å². The van der Waals surface area contributed by atoms with Crippen LogP contribution in [0.1, 0.15) is 133 Å². The fourth-order valence-corrected chi connectivity index (χ4v) is 13.2. The standard InChI is InChI=1S/C73H92ClN9O21Si/c1-38(2)28-50(82(9)71(91)103-72(3,4)5)66(86)80-60-62(84)40-20-24-53(49(31-40)83(92)93)102-56-33-42-32-55(64(56)98-14)101-52-23-21-41(30-46(52)74)63(104-105(15,16)73(6,7)8)61-70(90)77-48(36-100-37-99-27-26-94-10)44-34-43(95-11)35-54(97-13)57(44)45-29-39(19-22-51(45)96-12)58(67(87)81-61)79-68(88)59(42)78-65(85)47(18-17-25-75)76-69(60)89/h19-24,29-35,38,47-48,50,58-63,84H,17-18,26-28,36-37H2,1-16H3,(H,76,89)(H,77,90)(H,78,85)(H,79,88)(H,80,86)(H,81,87)/t47-,48?,50+,58+,59+,60+,61-,62+,63+/m0/s1. The number of nitro groups is 1. The lowest BCUT2D eigenvalue weighted by molar-refractivity contribution is -0.385. The van der Waals surface area contributed by atoms with Gasteiger partial charge in [0.1, 0.15) is 77.7 Å². The molecule has 1 unspecified atom stereocenters. The fourth-order valence-electron chi connectivity index (χ4n) is 11.8. The SMILES string of the molecule is COCCOCOCC1NC(=O)[C@H]2NC(=O)[C@H](NC(=O)[C@@H]3NC(=O)[C@H](CCC#N)NC(=O)[C@H](NC(=O)[C@@H](CC(C)C)N(C)C(=O)OC(C)(C)C)[C@H](O)c4ccc(c([N+](=O)[O-])c4)Oc4cc3cc(c4OC)Oc3ccc(cc3Cl)[C@H]2O[Si](C)(C)C(C)(C)C)c2ccc(OC)c(c2)-c2c(OC)cc(OC)cc21. The van der Waals surface area contributed by atoms with Crippen molar-refractivity contribution in [1.29, 1.82) is 5.26 Å². The molecule has 0 radical (unpaired) electrons. The quantitative estimate of drug-likeness (QED) is 0.0118. The Kier molecular flexibility index (Phi) is 26.5. The lowest BCUT2D eigenvalue weighted by Crippen LogP contribution is -2.59. The van der Waals surface area contributed by atoms with Gasteiger partial charge in [-0.3, -0.25) is 43.8 Å². The number of likely N-dealkylation sites (N-methyl/N-ethyl adjacent to an activating group) is 1. The summed E-state index contributed by atoms with van der Waals surface area (Å²) in [5, 5.41) is 51.9. The average molecular weight is 1500 g/mol. The van der Waals surface area contributed by atoms with Crippen molar-refractivity contribution in [2.45, 2.75) is 153 Å². The van der Waals surface area contributed by atoms with Gasteiger partial charge in [0.25, 0.3) is 0 Å². The molecule has 566 valence electrons. The van der Waals surface area contributed by atoms with Gasteiger partial charge in [0, 0.05) is 43.8 Å². The number of ether oxygens (including phenoxy) is 10. The molecule has 0 saturated heterocycles. The second-order valence-corrected chi connectivity index (χ2v) is 33.4. The number of nitriles is 1. The molecule has 105 heavy (non-hydrogen) atoms. The van der Waals surface area contributed by atoms with Crippen LogP contribution in [0.25, 0.3) is 11.1 Å². The Morgan fingerprint density at radius 3 is 1.96 bits per heavy atom. The number of nitrogens with one attached hydrogen (secondary N) is 6. The maximum atomic E-state index is 16.3. The summed E-state index contributed by atoms with van der Waals surface area (Å²) in [7, 11) is 5.19. The molecule has 5 aliphatic heterocycles. The Hall–Kier alpha value is -9.81. The highest BCUT2D eigenvalue weighted by Crippen LogP contribution is 2.50. The van der Waals surface area contributed by atoms with E-state index in [9.17, 15) is 30.1 Å². The number of carbonyl (C=O) groups is 7. The largest absolute Gasteiger partial charge is 0.497 e. The van der Waals surface area contributed by atoms with E-state index in [2.05, 4.69) is 31.9 Å². The number of nitro benzene ring substituents is 1. The van der Waals surface area contributed by atoms with E-state index in [1.165, 1.54) is 85.1 Å². The van der Waals surface area contributed by atoms with Crippen LogP contribution in [0.5, 0.6) is 46.0 Å². The molecule has 5 aliphatic rings. The van der Waals surface area contributed by atoms with Crippen LogP contribution in [0.4, 0.5) is 10.5 Å². The highest BCUT2D eigenvalue weighted by molar-refractivity contribution is 6.74. The van der Waals surface area contributed by atoms with Crippen LogP contribution >= 0.6 is 11.6 Å². The number of rotatable bonds is 21. The van der Waals surface area contributed by atoms with Gasteiger partial charge in [0.05, 0.1) is 76.4 Å². The predicted molar refractivity (Wildman–Crippen MR) is 384 cm³/mol. The van der Waals surface area contributed by atoms with Gasteiger partial charge in [0.15, 0.2) is 19.8 Å². The molecule has 7 N–H and O–H groups in total. The van der Waals surface area contributed by atoms with Crippen molar-refractivity contribution >= 4 is 67.1 Å². The molecule has 9 atom stereocenters. The predicted octanol–water partition coefficient (Wildman–Crippen LogP) is 9.52. The van der Waals surface area contributed by atoms with Crippen LogP contribution in [0.3, 0.4) is 0 Å². The number of benzene rings is 5. The number of methoxy groups -OCH3 is 5. The summed E-state index contributed by atoms with van der Waals surface area (Å²) in [4.78, 5) is 121. The number of carbonyl (C=O) groups excluding carboxylic acids is 7. The minimum Gasteiger partial charge on any atom is -0.497 e. The third-order valence-electron chi connectivity index (χ3n) is 18.2. The lowest BCUT2D eigenvalue weighted by atomic mass is 9.89. The maximum absolute atomic E-state index is 16.3. The molecule has 0 aromatic heterocycles. The first-order valence-corrected chi connectivity index (χ1v) is 37.1.